The highest BCUT2D eigenvalue weighted by Gasteiger charge is 2.41. The summed E-state index contributed by atoms with van der Waals surface area (Å²) in [5.41, 5.74) is 5.70. The van der Waals surface area contributed by atoms with Crippen LogP contribution in [0.25, 0.3) is 0 Å². The van der Waals surface area contributed by atoms with Gasteiger partial charge in [-0.25, -0.2) is 0 Å². The van der Waals surface area contributed by atoms with Crippen molar-refractivity contribution in [3.05, 3.63) is 0 Å². The summed E-state index contributed by atoms with van der Waals surface area (Å²) in [7, 11) is 0. The molecule has 3 heteroatoms. The Kier molecular flexibility index (Phi) is 4.77. The molecule has 0 saturated heterocycles. The maximum Gasteiger partial charge on any atom is 0.0834 e. The van der Waals surface area contributed by atoms with Crippen molar-refractivity contribution in [2.75, 3.05) is 6.54 Å². The molecule has 1 fully saturated rings. The molecule has 0 radical (unpaired) electrons. The third-order valence-corrected chi connectivity index (χ3v) is 4.16. The van der Waals surface area contributed by atoms with Crippen LogP contribution >= 0.6 is 0 Å². The fraction of sp³-hybridized carbons (Fsp3) is 1.00. The molecule has 1 rings (SSSR count). The molecule has 1 aliphatic carbocycles. The first-order chi connectivity index (χ1) is 7.41. The Morgan fingerprint density at radius 3 is 2.50 bits per heavy atom. The van der Waals surface area contributed by atoms with E-state index >= 15 is 0 Å². The van der Waals surface area contributed by atoms with E-state index in [1.54, 1.807) is 6.92 Å². The van der Waals surface area contributed by atoms with Gasteiger partial charge in [-0.3, -0.25) is 0 Å². The van der Waals surface area contributed by atoms with Crippen molar-refractivity contribution < 1.29 is 9.84 Å². The average molecular weight is 229 g/mol. The molecule has 0 aliphatic heterocycles. The van der Waals surface area contributed by atoms with Crippen LogP contribution in [0.15, 0.2) is 0 Å². The van der Waals surface area contributed by atoms with Crippen molar-refractivity contribution in [3.63, 3.8) is 0 Å². The summed E-state index contributed by atoms with van der Waals surface area (Å²) in [6.45, 7) is 8.75. The number of hydrogen-bond donors (Lipinski definition) is 2. The van der Waals surface area contributed by atoms with Crippen LogP contribution in [-0.2, 0) is 4.74 Å². The molecule has 16 heavy (non-hydrogen) atoms. The van der Waals surface area contributed by atoms with E-state index in [0.29, 0.717) is 12.5 Å². The van der Waals surface area contributed by atoms with Crippen molar-refractivity contribution in [1.29, 1.82) is 0 Å². The van der Waals surface area contributed by atoms with E-state index in [-0.39, 0.29) is 11.7 Å². The Morgan fingerprint density at radius 2 is 2.06 bits per heavy atom. The van der Waals surface area contributed by atoms with Gasteiger partial charge in [-0.2, -0.15) is 0 Å². The maximum atomic E-state index is 9.53. The number of aliphatic hydroxyl groups is 1. The number of hydrogen-bond acceptors (Lipinski definition) is 3. The summed E-state index contributed by atoms with van der Waals surface area (Å²) in [6.07, 6.45) is 2.79. The molecular weight excluding hydrogens is 202 g/mol. The lowest BCUT2D eigenvalue weighted by Crippen LogP contribution is -2.52. The lowest BCUT2D eigenvalue weighted by molar-refractivity contribution is -0.161. The van der Waals surface area contributed by atoms with Crippen LogP contribution in [0.5, 0.6) is 0 Å². The van der Waals surface area contributed by atoms with Crippen LogP contribution < -0.4 is 5.73 Å². The number of ether oxygens (including phenoxy) is 1. The van der Waals surface area contributed by atoms with Gasteiger partial charge in [-0.15, -0.1) is 0 Å². The molecule has 0 aromatic rings. The minimum Gasteiger partial charge on any atom is -0.391 e. The van der Waals surface area contributed by atoms with Crippen LogP contribution in [0.4, 0.5) is 0 Å². The van der Waals surface area contributed by atoms with Gasteiger partial charge in [0.1, 0.15) is 0 Å². The quantitative estimate of drug-likeness (QED) is 0.774. The van der Waals surface area contributed by atoms with Gasteiger partial charge >= 0.3 is 0 Å². The van der Waals surface area contributed by atoms with Gasteiger partial charge in [-0.05, 0) is 44.9 Å². The Labute approximate surface area is 99.4 Å². The zero-order chi connectivity index (χ0) is 12.3. The van der Waals surface area contributed by atoms with Crippen LogP contribution in [0.3, 0.4) is 0 Å². The lowest BCUT2D eigenvalue weighted by Gasteiger charge is -2.45. The molecule has 0 spiro atoms. The third kappa shape index (κ3) is 2.96. The predicted octanol–water partition coefficient (Wildman–Crippen LogP) is 1.93. The third-order valence-electron chi connectivity index (χ3n) is 4.16. The van der Waals surface area contributed by atoms with Gasteiger partial charge in [0, 0.05) is 6.54 Å². The van der Waals surface area contributed by atoms with E-state index in [2.05, 4.69) is 13.8 Å². The van der Waals surface area contributed by atoms with E-state index in [4.69, 9.17) is 10.5 Å². The zero-order valence-corrected chi connectivity index (χ0v) is 11.1. The van der Waals surface area contributed by atoms with Crippen LogP contribution in [0, 0.1) is 11.8 Å². The van der Waals surface area contributed by atoms with E-state index in [0.717, 1.165) is 12.3 Å². The summed E-state index contributed by atoms with van der Waals surface area (Å²) < 4.78 is 6.08. The van der Waals surface area contributed by atoms with E-state index < -0.39 is 6.10 Å². The second kappa shape index (κ2) is 5.48. The van der Waals surface area contributed by atoms with Gasteiger partial charge in [0.15, 0.2) is 0 Å². The minimum atomic E-state index is -0.435. The largest absolute Gasteiger partial charge is 0.391 e. The van der Waals surface area contributed by atoms with Crippen LogP contribution in [0.1, 0.15) is 47.0 Å². The molecule has 0 heterocycles. The number of aliphatic hydroxyl groups excluding tert-OH is 1. The second-order valence-electron chi connectivity index (χ2n) is 5.61. The fourth-order valence-electron chi connectivity index (χ4n) is 2.67. The topological polar surface area (TPSA) is 55.5 Å². The highest BCUT2D eigenvalue weighted by atomic mass is 16.5. The normalized spacial score (nSPS) is 39.4. The standard InChI is InChI=1S/C13H27NO2/c1-9-5-6-13(8-14,10(2)7-9)16-12(4)11(3)15/h9-12,15H,5-8,14H2,1-4H3. The monoisotopic (exact) mass is 229 g/mol. The predicted molar refractivity (Wildman–Crippen MR) is 66.2 cm³/mol. The molecule has 1 saturated carbocycles. The Balaban J connectivity index is 2.69. The Bertz CT molecular complexity index is 220. The van der Waals surface area contributed by atoms with Crippen molar-refractivity contribution in [2.45, 2.75) is 64.8 Å². The fourth-order valence-corrected chi connectivity index (χ4v) is 2.67. The van der Waals surface area contributed by atoms with Gasteiger partial charge in [0.05, 0.1) is 17.8 Å². The van der Waals surface area contributed by atoms with Crippen molar-refractivity contribution in [3.8, 4) is 0 Å². The minimum absolute atomic E-state index is 0.139. The molecule has 0 aromatic heterocycles. The van der Waals surface area contributed by atoms with Gasteiger partial charge in [0.2, 0.25) is 0 Å². The van der Waals surface area contributed by atoms with Crippen LogP contribution in [-0.4, -0.2) is 29.5 Å². The summed E-state index contributed by atoms with van der Waals surface area (Å²) in [5.74, 6) is 1.24. The summed E-state index contributed by atoms with van der Waals surface area (Å²) in [4.78, 5) is 0. The highest BCUT2D eigenvalue weighted by molar-refractivity contribution is 4.93. The molecule has 0 amide bonds. The Morgan fingerprint density at radius 1 is 1.44 bits per heavy atom. The molecule has 3 N–H and O–H groups in total. The smallest absolute Gasteiger partial charge is 0.0834 e. The van der Waals surface area contributed by atoms with E-state index in [9.17, 15) is 5.11 Å². The molecule has 1 aliphatic rings. The van der Waals surface area contributed by atoms with Crippen LogP contribution in [0.2, 0.25) is 0 Å². The zero-order valence-electron chi connectivity index (χ0n) is 11.1. The summed E-state index contributed by atoms with van der Waals surface area (Å²) in [6, 6.07) is 0. The first kappa shape index (κ1) is 13.9. The molecule has 5 atom stereocenters. The first-order valence-electron chi connectivity index (χ1n) is 6.47. The summed E-state index contributed by atoms with van der Waals surface area (Å²) >= 11 is 0. The van der Waals surface area contributed by atoms with E-state index in [1.165, 1.54) is 12.8 Å². The van der Waals surface area contributed by atoms with Crippen molar-refractivity contribution in [1.82, 2.24) is 0 Å². The van der Waals surface area contributed by atoms with Gasteiger partial charge in [-0.1, -0.05) is 13.8 Å². The van der Waals surface area contributed by atoms with Crippen molar-refractivity contribution >= 4 is 0 Å². The molecular formula is C13H27NO2. The van der Waals surface area contributed by atoms with Gasteiger partial charge < -0.3 is 15.6 Å². The molecule has 3 nitrogen and oxygen atoms in total. The van der Waals surface area contributed by atoms with Crippen molar-refractivity contribution in [2.24, 2.45) is 17.6 Å². The molecule has 0 aromatic carbocycles. The first-order valence-corrected chi connectivity index (χ1v) is 6.47. The Hall–Kier alpha value is -0.120. The molecule has 5 unspecified atom stereocenters. The number of rotatable bonds is 4. The molecule has 0 bridgehead atoms. The number of nitrogens with two attached hydrogens (primary N) is 1. The second-order valence-corrected chi connectivity index (χ2v) is 5.61. The molecule has 96 valence electrons. The summed E-state index contributed by atoms with van der Waals surface area (Å²) in [5, 5.41) is 9.53. The lowest BCUT2D eigenvalue weighted by atomic mass is 9.72. The maximum absolute atomic E-state index is 9.53. The van der Waals surface area contributed by atoms with Gasteiger partial charge in [0.25, 0.3) is 0 Å². The highest BCUT2D eigenvalue weighted by Crippen LogP contribution is 2.39. The average Bonchev–Trinajstić information content (AvgIpc) is 2.22. The SMILES string of the molecule is CC1CCC(CN)(OC(C)C(C)O)C(C)C1. The van der Waals surface area contributed by atoms with E-state index in [1.807, 2.05) is 6.92 Å².